The number of nitrogens with zero attached hydrogens (tertiary/aromatic N) is 4. The van der Waals surface area contributed by atoms with Crippen LogP contribution in [0.2, 0.25) is 0 Å². The van der Waals surface area contributed by atoms with Crippen molar-refractivity contribution in [3.8, 4) is 0 Å². The number of carbonyl (C=O) groups excluding carboxylic acids is 1. The van der Waals surface area contributed by atoms with E-state index in [0.717, 1.165) is 55.5 Å². The summed E-state index contributed by atoms with van der Waals surface area (Å²) in [6.07, 6.45) is 1.37. The highest BCUT2D eigenvalue weighted by Gasteiger charge is 2.30. The number of piperazine rings is 1. The summed E-state index contributed by atoms with van der Waals surface area (Å²) in [5.41, 5.74) is 3.73. The highest BCUT2D eigenvalue weighted by atomic mass is 16.1. The van der Waals surface area contributed by atoms with Gasteiger partial charge in [-0.2, -0.15) is 0 Å². The lowest BCUT2D eigenvalue weighted by atomic mass is 9.81. The van der Waals surface area contributed by atoms with Crippen LogP contribution in [0.4, 0.5) is 5.95 Å². The first kappa shape index (κ1) is 16.2. The molecule has 0 amide bonds. The van der Waals surface area contributed by atoms with Gasteiger partial charge in [0.15, 0.2) is 5.78 Å². The molecule has 1 atom stereocenters. The molecule has 2 aromatic rings. The molecule has 2 aliphatic rings. The molecule has 1 fully saturated rings. The predicted octanol–water partition coefficient (Wildman–Crippen LogP) is 2.45. The number of anilines is 1. The lowest BCUT2D eigenvalue weighted by Crippen LogP contribution is -2.45. The van der Waals surface area contributed by atoms with E-state index in [4.69, 9.17) is 4.98 Å². The molecular weight excluding hydrogens is 312 g/mol. The Kier molecular flexibility index (Phi) is 4.25. The second-order valence-corrected chi connectivity index (χ2v) is 7.16. The molecule has 0 unspecified atom stereocenters. The van der Waals surface area contributed by atoms with E-state index in [1.807, 2.05) is 25.1 Å². The van der Waals surface area contributed by atoms with Crippen LogP contribution in [0.15, 0.2) is 30.3 Å². The summed E-state index contributed by atoms with van der Waals surface area (Å²) < 4.78 is 0. The largest absolute Gasteiger partial charge is 0.338 e. The van der Waals surface area contributed by atoms with Gasteiger partial charge >= 0.3 is 0 Å². The van der Waals surface area contributed by atoms with Gasteiger partial charge < -0.3 is 9.80 Å². The number of aromatic nitrogens is 2. The number of aryl methyl sites for hydroxylation is 1. The van der Waals surface area contributed by atoms with Crippen LogP contribution in [-0.4, -0.2) is 53.9 Å². The molecule has 25 heavy (non-hydrogen) atoms. The second kappa shape index (κ2) is 6.56. The minimum atomic E-state index is 0.178. The smallest absolute Gasteiger partial charge is 0.225 e. The van der Waals surface area contributed by atoms with E-state index in [0.29, 0.717) is 6.42 Å². The Morgan fingerprint density at radius 1 is 1.00 bits per heavy atom. The van der Waals surface area contributed by atoms with Gasteiger partial charge in [-0.1, -0.05) is 30.3 Å². The molecule has 5 heteroatoms. The fourth-order valence-corrected chi connectivity index (χ4v) is 3.87. The van der Waals surface area contributed by atoms with E-state index in [9.17, 15) is 4.79 Å². The van der Waals surface area contributed by atoms with Gasteiger partial charge in [-0.05, 0) is 31.9 Å². The zero-order chi connectivity index (χ0) is 17.4. The quantitative estimate of drug-likeness (QED) is 0.843. The molecule has 0 radical (unpaired) electrons. The van der Waals surface area contributed by atoms with Crippen LogP contribution in [-0.2, 0) is 6.42 Å². The highest BCUT2D eigenvalue weighted by molar-refractivity contribution is 5.99. The molecule has 1 saturated heterocycles. The van der Waals surface area contributed by atoms with Gasteiger partial charge in [0, 0.05) is 32.6 Å². The Morgan fingerprint density at radius 3 is 2.44 bits per heavy atom. The van der Waals surface area contributed by atoms with Crippen molar-refractivity contribution in [1.82, 2.24) is 14.9 Å². The third-order valence-corrected chi connectivity index (χ3v) is 5.36. The fourth-order valence-electron chi connectivity index (χ4n) is 3.87. The standard InChI is InChI=1S/C20H24N4O/c1-14-19-17(22-20(21-14)24-10-8-23(2)9-11-24)12-16(13-18(19)25)15-6-4-3-5-7-15/h3-7,16H,8-13H2,1-2H3/t16-/m0/s1. The summed E-state index contributed by atoms with van der Waals surface area (Å²) in [6, 6.07) is 10.3. The SMILES string of the molecule is Cc1nc(N2CCN(C)CC2)nc2c1C(=O)C[C@@H](c1ccccc1)C2. The number of likely N-dealkylation sites (N-methyl/N-ethyl adjacent to an activating group) is 1. The number of hydrogen-bond donors (Lipinski definition) is 0. The predicted molar refractivity (Wildman–Crippen MR) is 98.3 cm³/mol. The van der Waals surface area contributed by atoms with Crippen molar-refractivity contribution in [1.29, 1.82) is 0 Å². The maximum absolute atomic E-state index is 12.7. The lowest BCUT2D eigenvalue weighted by molar-refractivity contribution is 0.0962. The van der Waals surface area contributed by atoms with E-state index in [-0.39, 0.29) is 11.7 Å². The van der Waals surface area contributed by atoms with Crippen LogP contribution < -0.4 is 4.90 Å². The van der Waals surface area contributed by atoms with Gasteiger partial charge in [0.25, 0.3) is 0 Å². The van der Waals surface area contributed by atoms with Crippen LogP contribution in [0.25, 0.3) is 0 Å². The molecule has 1 aromatic heterocycles. The molecule has 1 aliphatic carbocycles. The van der Waals surface area contributed by atoms with E-state index in [1.165, 1.54) is 5.56 Å². The molecule has 0 spiro atoms. The van der Waals surface area contributed by atoms with E-state index in [2.05, 4.69) is 34.0 Å². The highest BCUT2D eigenvalue weighted by Crippen LogP contribution is 2.33. The number of ketones is 1. The molecule has 0 N–H and O–H groups in total. The molecule has 1 aliphatic heterocycles. The van der Waals surface area contributed by atoms with Crippen molar-refractivity contribution in [3.05, 3.63) is 52.8 Å². The molecule has 4 rings (SSSR count). The maximum atomic E-state index is 12.7. The number of fused-ring (bicyclic) bond motifs is 1. The van der Waals surface area contributed by atoms with E-state index in [1.54, 1.807) is 0 Å². The van der Waals surface area contributed by atoms with Crippen molar-refractivity contribution in [2.75, 3.05) is 38.1 Å². The van der Waals surface area contributed by atoms with Crippen LogP contribution in [0.1, 0.15) is 39.6 Å². The monoisotopic (exact) mass is 336 g/mol. The Balaban J connectivity index is 1.66. The zero-order valence-electron chi connectivity index (χ0n) is 14.9. The van der Waals surface area contributed by atoms with Crippen molar-refractivity contribution in [3.63, 3.8) is 0 Å². The van der Waals surface area contributed by atoms with Gasteiger partial charge in [-0.3, -0.25) is 4.79 Å². The van der Waals surface area contributed by atoms with Crippen molar-refractivity contribution in [2.45, 2.75) is 25.7 Å². The molecule has 0 saturated carbocycles. The van der Waals surface area contributed by atoms with E-state index >= 15 is 0 Å². The van der Waals surface area contributed by atoms with Crippen LogP contribution >= 0.6 is 0 Å². The number of carbonyl (C=O) groups is 1. The summed E-state index contributed by atoms with van der Waals surface area (Å²) in [5, 5.41) is 0. The Hall–Kier alpha value is -2.27. The summed E-state index contributed by atoms with van der Waals surface area (Å²) in [7, 11) is 2.14. The minimum absolute atomic E-state index is 0.178. The Bertz CT molecular complexity index is 782. The summed E-state index contributed by atoms with van der Waals surface area (Å²) >= 11 is 0. The molecule has 130 valence electrons. The Labute approximate surface area is 148 Å². The first-order valence-corrected chi connectivity index (χ1v) is 9.01. The first-order valence-electron chi connectivity index (χ1n) is 9.01. The van der Waals surface area contributed by atoms with Crippen molar-refractivity contribution in [2.24, 2.45) is 0 Å². The first-order chi connectivity index (χ1) is 12.1. The van der Waals surface area contributed by atoms with Gasteiger partial charge in [0.05, 0.1) is 17.0 Å². The Morgan fingerprint density at radius 2 is 1.72 bits per heavy atom. The fraction of sp³-hybridized carbons (Fsp3) is 0.450. The summed E-state index contributed by atoms with van der Waals surface area (Å²) in [4.78, 5) is 26.8. The van der Waals surface area contributed by atoms with Gasteiger partial charge in [-0.25, -0.2) is 9.97 Å². The third-order valence-electron chi connectivity index (χ3n) is 5.36. The average Bonchev–Trinajstić information content (AvgIpc) is 2.62. The van der Waals surface area contributed by atoms with Crippen molar-refractivity contribution < 1.29 is 4.79 Å². The van der Waals surface area contributed by atoms with Crippen LogP contribution in [0, 0.1) is 6.92 Å². The molecule has 5 nitrogen and oxygen atoms in total. The van der Waals surface area contributed by atoms with Crippen LogP contribution in [0.3, 0.4) is 0 Å². The molecule has 2 heterocycles. The summed E-state index contributed by atoms with van der Waals surface area (Å²) in [6.45, 7) is 5.85. The lowest BCUT2D eigenvalue weighted by Gasteiger charge is -2.33. The summed E-state index contributed by atoms with van der Waals surface area (Å²) in [5.74, 6) is 1.18. The number of rotatable bonds is 2. The normalized spacial score (nSPS) is 21.3. The van der Waals surface area contributed by atoms with Gasteiger partial charge in [0.1, 0.15) is 0 Å². The van der Waals surface area contributed by atoms with E-state index < -0.39 is 0 Å². The van der Waals surface area contributed by atoms with Gasteiger partial charge in [0.2, 0.25) is 5.95 Å². The molecule has 0 bridgehead atoms. The van der Waals surface area contributed by atoms with Gasteiger partial charge in [-0.15, -0.1) is 0 Å². The number of Topliss-reactive ketones (excluding diaryl/α,β-unsaturated/α-hetero) is 1. The molecular formula is C20H24N4O. The zero-order valence-corrected chi connectivity index (χ0v) is 14.9. The second-order valence-electron chi connectivity index (χ2n) is 7.16. The topological polar surface area (TPSA) is 49.3 Å². The number of benzene rings is 1. The number of hydrogen-bond acceptors (Lipinski definition) is 5. The maximum Gasteiger partial charge on any atom is 0.225 e. The third kappa shape index (κ3) is 3.16. The minimum Gasteiger partial charge on any atom is -0.338 e. The van der Waals surface area contributed by atoms with Crippen LogP contribution in [0.5, 0.6) is 0 Å². The van der Waals surface area contributed by atoms with Crippen molar-refractivity contribution >= 4 is 11.7 Å². The average molecular weight is 336 g/mol. The molecule has 1 aromatic carbocycles.